The van der Waals surface area contributed by atoms with Gasteiger partial charge in [0.25, 0.3) is 0 Å². The van der Waals surface area contributed by atoms with Gasteiger partial charge in [-0.05, 0) is 19.2 Å². The summed E-state index contributed by atoms with van der Waals surface area (Å²) in [5.74, 6) is 0.336. The Morgan fingerprint density at radius 3 is 2.57 bits per heavy atom. The standard InChI is InChI=1S/C8H10ClNO3S/c1-10-14(11,12)6-3-4-7(9)8(5-6)13-2/h3-5,10H,1-2H3. The van der Waals surface area contributed by atoms with E-state index in [2.05, 4.69) is 4.72 Å². The number of methoxy groups -OCH3 is 1. The average Bonchev–Trinajstić information content (AvgIpc) is 2.18. The van der Waals surface area contributed by atoms with Crippen molar-refractivity contribution in [3.8, 4) is 5.75 Å². The maximum atomic E-state index is 11.4. The number of halogens is 1. The van der Waals surface area contributed by atoms with Gasteiger partial charge in [-0.2, -0.15) is 0 Å². The van der Waals surface area contributed by atoms with E-state index in [0.717, 1.165) is 0 Å². The van der Waals surface area contributed by atoms with Crippen molar-refractivity contribution in [1.29, 1.82) is 0 Å². The predicted molar refractivity (Wildman–Crippen MR) is 54.2 cm³/mol. The second kappa shape index (κ2) is 4.16. The van der Waals surface area contributed by atoms with E-state index in [1.165, 1.54) is 32.4 Å². The lowest BCUT2D eigenvalue weighted by Crippen LogP contribution is -2.18. The Morgan fingerprint density at radius 1 is 1.43 bits per heavy atom. The second-order valence-electron chi connectivity index (χ2n) is 2.50. The quantitative estimate of drug-likeness (QED) is 0.858. The molecule has 78 valence electrons. The first-order valence-corrected chi connectivity index (χ1v) is 5.64. The van der Waals surface area contributed by atoms with Crippen LogP contribution in [-0.2, 0) is 10.0 Å². The molecule has 1 N–H and O–H groups in total. The van der Waals surface area contributed by atoms with Crippen LogP contribution in [0.2, 0.25) is 5.02 Å². The highest BCUT2D eigenvalue weighted by Gasteiger charge is 2.13. The molecule has 0 aliphatic rings. The van der Waals surface area contributed by atoms with Gasteiger partial charge in [0.05, 0.1) is 17.0 Å². The summed E-state index contributed by atoms with van der Waals surface area (Å²) in [4.78, 5) is 0.126. The van der Waals surface area contributed by atoms with Crippen LogP contribution < -0.4 is 9.46 Å². The van der Waals surface area contributed by atoms with Crippen LogP contribution in [0.4, 0.5) is 0 Å². The van der Waals surface area contributed by atoms with Gasteiger partial charge in [0.15, 0.2) is 0 Å². The van der Waals surface area contributed by atoms with E-state index >= 15 is 0 Å². The molecule has 0 unspecified atom stereocenters. The highest BCUT2D eigenvalue weighted by molar-refractivity contribution is 7.89. The minimum atomic E-state index is -3.44. The minimum Gasteiger partial charge on any atom is -0.495 e. The van der Waals surface area contributed by atoms with Crippen LogP contribution in [0.3, 0.4) is 0 Å². The molecule has 0 saturated carbocycles. The summed E-state index contributed by atoms with van der Waals surface area (Å²) >= 11 is 5.75. The molecule has 1 rings (SSSR count). The zero-order valence-electron chi connectivity index (χ0n) is 7.74. The normalized spacial score (nSPS) is 11.4. The van der Waals surface area contributed by atoms with Crippen molar-refractivity contribution in [2.24, 2.45) is 0 Å². The predicted octanol–water partition coefficient (Wildman–Crippen LogP) is 1.26. The van der Waals surface area contributed by atoms with Crippen molar-refractivity contribution in [3.63, 3.8) is 0 Å². The van der Waals surface area contributed by atoms with E-state index in [-0.39, 0.29) is 4.90 Å². The van der Waals surface area contributed by atoms with Crippen LogP contribution in [0.25, 0.3) is 0 Å². The van der Waals surface area contributed by atoms with E-state index in [1.54, 1.807) is 0 Å². The molecule has 0 fully saturated rings. The van der Waals surface area contributed by atoms with Crippen molar-refractivity contribution in [2.75, 3.05) is 14.2 Å². The highest BCUT2D eigenvalue weighted by atomic mass is 35.5. The minimum absolute atomic E-state index is 0.126. The van der Waals surface area contributed by atoms with Gasteiger partial charge in [-0.15, -0.1) is 0 Å². The van der Waals surface area contributed by atoms with E-state index in [0.29, 0.717) is 10.8 Å². The number of sulfonamides is 1. The zero-order chi connectivity index (χ0) is 10.8. The largest absolute Gasteiger partial charge is 0.495 e. The van der Waals surface area contributed by atoms with E-state index in [1.807, 2.05) is 0 Å². The third kappa shape index (κ3) is 2.17. The summed E-state index contributed by atoms with van der Waals surface area (Å²) in [6.45, 7) is 0. The van der Waals surface area contributed by atoms with Crippen molar-refractivity contribution in [1.82, 2.24) is 4.72 Å². The topological polar surface area (TPSA) is 55.4 Å². The van der Waals surface area contributed by atoms with Crippen LogP contribution in [0, 0.1) is 0 Å². The number of benzene rings is 1. The molecule has 0 aliphatic heterocycles. The SMILES string of the molecule is CNS(=O)(=O)c1ccc(Cl)c(OC)c1. The fourth-order valence-corrected chi connectivity index (χ4v) is 1.86. The van der Waals surface area contributed by atoms with E-state index in [9.17, 15) is 8.42 Å². The summed E-state index contributed by atoms with van der Waals surface area (Å²) in [6.07, 6.45) is 0. The van der Waals surface area contributed by atoms with E-state index < -0.39 is 10.0 Å². The molecule has 0 saturated heterocycles. The zero-order valence-corrected chi connectivity index (χ0v) is 9.32. The first kappa shape index (κ1) is 11.3. The molecule has 0 radical (unpaired) electrons. The average molecular weight is 236 g/mol. The molecule has 0 spiro atoms. The molecule has 0 amide bonds. The van der Waals surface area contributed by atoms with Gasteiger partial charge in [0, 0.05) is 6.07 Å². The molecule has 0 heterocycles. The molecule has 0 aliphatic carbocycles. The lowest BCUT2D eigenvalue weighted by molar-refractivity contribution is 0.413. The van der Waals surface area contributed by atoms with E-state index in [4.69, 9.17) is 16.3 Å². The van der Waals surface area contributed by atoms with Crippen molar-refractivity contribution < 1.29 is 13.2 Å². The first-order valence-electron chi connectivity index (χ1n) is 3.78. The Bertz CT molecular complexity index is 430. The van der Waals surface area contributed by atoms with Crippen molar-refractivity contribution in [2.45, 2.75) is 4.90 Å². The van der Waals surface area contributed by atoms with Crippen LogP contribution >= 0.6 is 11.6 Å². The van der Waals surface area contributed by atoms with Crippen LogP contribution in [0.1, 0.15) is 0 Å². The lowest BCUT2D eigenvalue weighted by atomic mass is 10.3. The second-order valence-corrected chi connectivity index (χ2v) is 4.80. The number of rotatable bonds is 3. The van der Waals surface area contributed by atoms with Gasteiger partial charge in [-0.25, -0.2) is 13.1 Å². The van der Waals surface area contributed by atoms with Crippen LogP contribution in [0.5, 0.6) is 5.75 Å². The Hall–Kier alpha value is -0.780. The maximum Gasteiger partial charge on any atom is 0.240 e. The van der Waals surface area contributed by atoms with Crippen LogP contribution in [0.15, 0.2) is 23.1 Å². The fourth-order valence-electron chi connectivity index (χ4n) is 0.925. The molecular formula is C8H10ClNO3S. The number of hydrogen-bond donors (Lipinski definition) is 1. The summed E-state index contributed by atoms with van der Waals surface area (Å²) in [5.41, 5.74) is 0. The highest BCUT2D eigenvalue weighted by Crippen LogP contribution is 2.26. The van der Waals surface area contributed by atoms with Gasteiger partial charge in [0.2, 0.25) is 10.0 Å². The number of hydrogen-bond acceptors (Lipinski definition) is 3. The summed E-state index contributed by atoms with van der Waals surface area (Å²) in [6, 6.07) is 4.26. The molecule has 0 aromatic heterocycles. The Balaban J connectivity index is 3.26. The monoisotopic (exact) mass is 235 g/mol. The Morgan fingerprint density at radius 2 is 2.07 bits per heavy atom. The van der Waals surface area contributed by atoms with Crippen molar-refractivity contribution in [3.05, 3.63) is 23.2 Å². The fraction of sp³-hybridized carbons (Fsp3) is 0.250. The molecular weight excluding hydrogens is 226 g/mol. The first-order chi connectivity index (χ1) is 6.51. The molecule has 0 bridgehead atoms. The molecule has 1 aromatic carbocycles. The molecule has 0 atom stereocenters. The van der Waals surface area contributed by atoms with Crippen LogP contribution in [-0.4, -0.2) is 22.6 Å². The molecule has 1 aromatic rings. The molecule has 4 nitrogen and oxygen atoms in total. The number of ether oxygens (including phenoxy) is 1. The van der Waals surface area contributed by atoms with Gasteiger partial charge < -0.3 is 4.74 Å². The van der Waals surface area contributed by atoms with Gasteiger partial charge in [0.1, 0.15) is 5.75 Å². The Labute approximate surface area is 87.9 Å². The molecule has 6 heteroatoms. The maximum absolute atomic E-state index is 11.4. The third-order valence-electron chi connectivity index (χ3n) is 1.70. The summed E-state index contributed by atoms with van der Waals surface area (Å²) in [5, 5.41) is 0.377. The van der Waals surface area contributed by atoms with Gasteiger partial charge in [-0.3, -0.25) is 0 Å². The molecule has 14 heavy (non-hydrogen) atoms. The van der Waals surface area contributed by atoms with Gasteiger partial charge in [-0.1, -0.05) is 11.6 Å². The van der Waals surface area contributed by atoms with Gasteiger partial charge >= 0.3 is 0 Å². The van der Waals surface area contributed by atoms with Crippen molar-refractivity contribution >= 4 is 21.6 Å². The smallest absolute Gasteiger partial charge is 0.240 e. The summed E-state index contributed by atoms with van der Waals surface area (Å²) in [7, 11) is -0.665. The Kier molecular flexibility index (Phi) is 3.36. The summed E-state index contributed by atoms with van der Waals surface area (Å²) < 4.78 is 29.8. The number of nitrogens with one attached hydrogen (secondary N) is 1. The third-order valence-corrected chi connectivity index (χ3v) is 3.43. The lowest BCUT2D eigenvalue weighted by Gasteiger charge is -2.06.